The van der Waals surface area contributed by atoms with Gasteiger partial charge in [-0.25, -0.2) is 13.1 Å². The Hall–Kier alpha value is -1.76. The Morgan fingerprint density at radius 1 is 1.04 bits per heavy atom. The molecule has 0 aliphatic carbocycles. The van der Waals surface area contributed by atoms with Crippen LogP contribution in [0.5, 0.6) is 11.5 Å². The molecule has 2 rings (SSSR count). The van der Waals surface area contributed by atoms with Crippen molar-refractivity contribution in [2.45, 2.75) is 13.0 Å². The molecular formula is C17H20ClNO4S. The second-order valence-corrected chi connectivity index (χ2v) is 7.56. The molecule has 0 unspecified atom stereocenters. The van der Waals surface area contributed by atoms with Crippen LogP contribution in [0.2, 0.25) is 5.02 Å². The molecule has 0 spiro atoms. The van der Waals surface area contributed by atoms with Crippen LogP contribution in [0, 0.1) is 0 Å². The van der Waals surface area contributed by atoms with Gasteiger partial charge in [0.2, 0.25) is 10.0 Å². The number of ether oxygens (including phenoxy) is 2. The van der Waals surface area contributed by atoms with E-state index in [0.29, 0.717) is 22.9 Å². The number of hydrogen-bond donors (Lipinski definition) is 1. The molecule has 24 heavy (non-hydrogen) atoms. The lowest BCUT2D eigenvalue weighted by molar-refractivity contribution is 0.390. The average Bonchev–Trinajstić information content (AvgIpc) is 2.59. The Kier molecular flexibility index (Phi) is 6.48. The minimum absolute atomic E-state index is 0.00705. The SMILES string of the molecule is COc1ccc(CNS(=O)(=O)CCc2ccc(Cl)cc2)c(OC)c1. The summed E-state index contributed by atoms with van der Waals surface area (Å²) in [4.78, 5) is 0. The fraction of sp³-hybridized carbons (Fsp3) is 0.294. The molecule has 0 atom stereocenters. The van der Waals surface area contributed by atoms with Gasteiger partial charge in [0.15, 0.2) is 0 Å². The van der Waals surface area contributed by atoms with E-state index in [-0.39, 0.29) is 12.3 Å². The number of methoxy groups -OCH3 is 2. The van der Waals surface area contributed by atoms with Crippen LogP contribution in [0.25, 0.3) is 0 Å². The van der Waals surface area contributed by atoms with E-state index in [2.05, 4.69) is 4.72 Å². The molecule has 0 aromatic heterocycles. The summed E-state index contributed by atoms with van der Waals surface area (Å²) in [7, 11) is -0.300. The fourth-order valence-electron chi connectivity index (χ4n) is 2.16. The number of aryl methyl sites for hydroxylation is 1. The minimum Gasteiger partial charge on any atom is -0.497 e. The summed E-state index contributed by atoms with van der Waals surface area (Å²) in [5.41, 5.74) is 1.67. The maximum absolute atomic E-state index is 12.2. The standard InChI is InChI=1S/C17H20ClNO4S/c1-22-16-8-5-14(17(11-16)23-2)12-19-24(20,21)10-9-13-3-6-15(18)7-4-13/h3-8,11,19H,9-10,12H2,1-2H3. The summed E-state index contributed by atoms with van der Waals surface area (Å²) in [6.07, 6.45) is 0.423. The topological polar surface area (TPSA) is 64.6 Å². The van der Waals surface area contributed by atoms with E-state index in [9.17, 15) is 8.42 Å². The molecular weight excluding hydrogens is 350 g/mol. The highest BCUT2D eigenvalue weighted by Crippen LogP contribution is 2.24. The van der Waals surface area contributed by atoms with E-state index in [1.54, 1.807) is 37.4 Å². The summed E-state index contributed by atoms with van der Waals surface area (Å²) in [6.45, 7) is 0.163. The van der Waals surface area contributed by atoms with Gasteiger partial charge in [-0.3, -0.25) is 0 Å². The lowest BCUT2D eigenvalue weighted by atomic mass is 10.2. The highest BCUT2D eigenvalue weighted by atomic mass is 35.5. The van der Waals surface area contributed by atoms with Crippen molar-refractivity contribution < 1.29 is 17.9 Å². The fourth-order valence-corrected chi connectivity index (χ4v) is 3.31. The van der Waals surface area contributed by atoms with Crippen molar-refractivity contribution in [1.82, 2.24) is 4.72 Å². The van der Waals surface area contributed by atoms with Crippen LogP contribution in [-0.2, 0) is 23.0 Å². The number of benzene rings is 2. The summed E-state index contributed by atoms with van der Waals surface area (Å²) in [6, 6.07) is 12.4. The lowest BCUT2D eigenvalue weighted by Gasteiger charge is -2.12. The molecule has 0 fully saturated rings. The number of hydrogen-bond acceptors (Lipinski definition) is 4. The molecule has 5 nitrogen and oxygen atoms in total. The van der Waals surface area contributed by atoms with E-state index in [0.717, 1.165) is 11.1 Å². The zero-order valence-corrected chi connectivity index (χ0v) is 15.2. The molecule has 0 heterocycles. The van der Waals surface area contributed by atoms with Crippen molar-refractivity contribution in [2.75, 3.05) is 20.0 Å². The van der Waals surface area contributed by atoms with Crippen LogP contribution in [0.3, 0.4) is 0 Å². The summed E-state index contributed by atoms with van der Waals surface area (Å²) < 4.78 is 37.3. The van der Waals surface area contributed by atoms with Crippen molar-refractivity contribution in [1.29, 1.82) is 0 Å². The third-order valence-electron chi connectivity index (χ3n) is 3.55. The van der Waals surface area contributed by atoms with E-state index in [1.807, 2.05) is 12.1 Å². The van der Waals surface area contributed by atoms with Gasteiger partial charge in [0, 0.05) is 23.2 Å². The van der Waals surface area contributed by atoms with Crippen molar-refractivity contribution in [2.24, 2.45) is 0 Å². The number of nitrogens with one attached hydrogen (secondary N) is 1. The molecule has 0 saturated carbocycles. The summed E-state index contributed by atoms with van der Waals surface area (Å²) in [5.74, 6) is 1.24. The molecule has 2 aromatic carbocycles. The van der Waals surface area contributed by atoms with Crippen LogP contribution in [-0.4, -0.2) is 28.4 Å². The van der Waals surface area contributed by atoms with Gasteiger partial charge in [0.1, 0.15) is 11.5 Å². The molecule has 0 aliphatic heterocycles. The normalized spacial score (nSPS) is 11.3. The van der Waals surface area contributed by atoms with Crippen LogP contribution in [0.1, 0.15) is 11.1 Å². The highest BCUT2D eigenvalue weighted by molar-refractivity contribution is 7.89. The molecule has 7 heteroatoms. The second kappa shape index (κ2) is 8.37. The Balaban J connectivity index is 1.96. The van der Waals surface area contributed by atoms with E-state index in [1.165, 1.54) is 7.11 Å². The number of halogens is 1. The van der Waals surface area contributed by atoms with E-state index in [4.69, 9.17) is 21.1 Å². The first kappa shape index (κ1) is 18.6. The maximum Gasteiger partial charge on any atom is 0.212 e. The summed E-state index contributed by atoms with van der Waals surface area (Å²) in [5, 5.41) is 0.631. The molecule has 0 amide bonds. The molecule has 2 aromatic rings. The van der Waals surface area contributed by atoms with Crippen LogP contribution in [0.15, 0.2) is 42.5 Å². The van der Waals surface area contributed by atoms with Gasteiger partial charge in [-0.15, -0.1) is 0 Å². The smallest absolute Gasteiger partial charge is 0.212 e. The number of sulfonamides is 1. The molecule has 0 radical (unpaired) electrons. The molecule has 1 N–H and O–H groups in total. The van der Waals surface area contributed by atoms with Gasteiger partial charge in [-0.05, 0) is 30.2 Å². The zero-order chi connectivity index (χ0) is 17.6. The van der Waals surface area contributed by atoms with E-state index >= 15 is 0 Å². The van der Waals surface area contributed by atoms with Gasteiger partial charge < -0.3 is 9.47 Å². The first-order valence-corrected chi connectivity index (χ1v) is 9.39. The predicted molar refractivity (Wildman–Crippen MR) is 95.3 cm³/mol. The Morgan fingerprint density at radius 3 is 2.38 bits per heavy atom. The third-order valence-corrected chi connectivity index (χ3v) is 5.13. The number of rotatable bonds is 8. The third kappa shape index (κ3) is 5.40. The predicted octanol–water partition coefficient (Wildman–Crippen LogP) is 3.02. The zero-order valence-electron chi connectivity index (χ0n) is 13.6. The van der Waals surface area contributed by atoms with Crippen LogP contribution < -0.4 is 14.2 Å². The monoisotopic (exact) mass is 369 g/mol. The molecule has 0 saturated heterocycles. The Morgan fingerprint density at radius 2 is 1.75 bits per heavy atom. The Bertz CT molecular complexity index is 776. The van der Waals surface area contributed by atoms with Crippen LogP contribution in [0.4, 0.5) is 0 Å². The first-order valence-electron chi connectivity index (χ1n) is 7.36. The molecule has 0 aliphatic rings. The van der Waals surface area contributed by atoms with Crippen LogP contribution >= 0.6 is 11.6 Å². The summed E-state index contributed by atoms with van der Waals surface area (Å²) >= 11 is 5.82. The highest BCUT2D eigenvalue weighted by Gasteiger charge is 2.12. The van der Waals surface area contributed by atoms with Gasteiger partial charge in [-0.2, -0.15) is 0 Å². The first-order chi connectivity index (χ1) is 11.4. The van der Waals surface area contributed by atoms with Crippen molar-refractivity contribution >= 4 is 21.6 Å². The molecule has 130 valence electrons. The quantitative estimate of drug-likeness (QED) is 0.776. The average molecular weight is 370 g/mol. The maximum atomic E-state index is 12.2. The van der Waals surface area contributed by atoms with Crippen molar-refractivity contribution in [3.8, 4) is 11.5 Å². The molecule has 0 bridgehead atoms. The Labute approximate surface area is 147 Å². The van der Waals surface area contributed by atoms with Crippen molar-refractivity contribution in [3.63, 3.8) is 0 Å². The minimum atomic E-state index is -3.40. The largest absolute Gasteiger partial charge is 0.497 e. The van der Waals surface area contributed by atoms with Crippen molar-refractivity contribution in [3.05, 3.63) is 58.6 Å². The van der Waals surface area contributed by atoms with Gasteiger partial charge in [0.05, 0.1) is 20.0 Å². The van der Waals surface area contributed by atoms with Gasteiger partial charge in [-0.1, -0.05) is 29.8 Å². The van der Waals surface area contributed by atoms with Gasteiger partial charge in [0.25, 0.3) is 0 Å². The van der Waals surface area contributed by atoms with E-state index < -0.39 is 10.0 Å². The lowest BCUT2D eigenvalue weighted by Crippen LogP contribution is -2.27. The second-order valence-electron chi connectivity index (χ2n) is 5.19. The van der Waals surface area contributed by atoms with Gasteiger partial charge >= 0.3 is 0 Å².